The summed E-state index contributed by atoms with van der Waals surface area (Å²) in [5.74, 6) is 1.50. The van der Waals surface area contributed by atoms with Crippen LogP contribution < -0.4 is 0 Å². The van der Waals surface area contributed by atoms with Crippen molar-refractivity contribution in [3.63, 3.8) is 0 Å². The maximum atomic E-state index is 5.22. The molecule has 0 aliphatic heterocycles. The molecule has 5 heteroatoms. The molecule has 12 heavy (non-hydrogen) atoms. The SMILES string of the molecule is SCCOCC(S)COCCS. The highest BCUT2D eigenvalue weighted by Crippen LogP contribution is 1.97. The second kappa shape index (κ2) is 10.1. The first-order valence-electron chi connectivity index (χ1n) is 3.86. The van der Waals surface area contributed by atoms with E-state index in [0.717, 1.165) is 11.5 Å². The highest BCUT2D eigenvalue weighted by atomic mass is 32.1. The van der Waals surface area contributed by atoms with Crippen LogP contribution in [-0.4, -0.2) is 43.2 Å². The molecule has 0 N–H and O–H groups in total. The molecule has 0 spiro atoms. The lowest BCUT2D eigenvalue weighted by atomic mass is 10.5. The summed E-state index contributed by atoms with van der Waals surface area (Å²) in [4.78, 5) is 0. The van der Waals surface area contributed by atoms with Crippen molar-refractivity contribution in [1.29, 1.82) is 0 Å². The Hall–Kier alpha value is 0.970. The molecule has 0 aliphatic rings. The summed E-state index contributed by atoms with van der Waals surface area (Å²) in [7, 11) is 0. The second-order valence-corrected chi connectivity index (χ2v) is 3.88. The Bertz CT molecular complexity index is 82.7. The zero-order valence-electron chi connectivity index (χ0n) is 6.98. The van der Waals surface area contributed by atoms with Crippen molar-refractivity contribution in [1.82, 2.24) is 0 Å². The smallest absolute Gasteiger partial charge is 0.0605 e. The van der Waals surface area contributed by atoms with Gasteiger partial charge in [0.25, 0.3) is 0 Å². The second-order valence-electron chi connectivity index (χ2n) is 2.25. The first-order valence-corrected chi connectivity index (χ1v) is 5.64. The van der Waals surface area contributed by atoms with E-state index in [1.807, 2.05) is 0 Å². The summed E-state index contributed by atoms with van der Waals surface area (Å²) < 4.78 is 10.4. The van der Waals surface area contributed by atoms with Crippen LogP contribution in [0.15, 0.2) is 0 Å². The average molecular weight is 228 g/mol. The molecular formula is C7H16O2S3. The van der Waals surface area contributed by atoms with Gasteiger partial charge in [-0.2, -0.15) is 37.9 Å². The Labute approximate surface area is 90.6 Å². The molecule has 0 heterocycles. The van der Waals surface area contributed by atoms with E-state index in [-0.39, 0.29) is 5.25 Å². The largest absolute Gasteiger partial charge is 0.379 e. The Morgan fingerprint density at radius 2 is 1.33 bits per heavy atom. The first kappa shape index (κ1) is 13.0. The molecule has 0 bridgehead atoms. The van der Waals surface area contributed by atoms with Gasteiger partial charge in [-0.1, -0.05) is 0 Å². The molecular weight excluding hydrogens is 212 g/mol. The third-order valence-corrected chi connectivity index (χ3v) is 1.76. The van der Waals surface area contributed by atoms with Crippen molar-refractivity contribution < 1.29 is 9.47 Å². The lowest BCUT2D eigenvalue weighted by Gasteiger charge is -2.10. The molecule has 0 aromatic carbocycles. The van der Waals surface area contributed by atoms with Crippen molar-refractivity contribution in [2.75, 3.05) is 37.9 Å². The Morgan fingerprint density at radius 1 is 0.917 bits per heavy atom. The van der Waals surface area contributed by atoms with Gasteiger partial charge in [0.05, 0.1) is 26.4 Å². The Kier molecular flexibility index (Phi) is 10.9. The third kappa shape index (κ3) is 9.06. The lowest BCUT2D eigenvalue weighted by Crippen LogP contribution is -2.17. The molecule has 74 valence electrons. The van der Waals surface area contributed by atoms with Crippen LogP contribution in [0.4, 0.5) is 0 Å². The number of hydrogen-bond acceptors (Lipinski definition) is 5. The van der Waals surface area contributed by atoms with Gasteiger partial charge >= 0.3 is 0 Å². The molecule has 0 radical (unpaired) electrons. The zero-order chi connectivity index (χ0) is 9.23. The topological polar surface area (TPSA) is 18.5 Å². The van der Waals surface area contributed by atoms with Crippen LogP contribution in [0.3, 0.4) is 0 Å². The van der Waals surface area contributed by atoms with E-state index in [0.29, 0.717) is 26.4 Å². The molecule has 0 saturated carbocycles. The summed E-state index contributed by atoms with van der Waals surface area (Å²) >= 11 is 12.3. The minimum absolute atomic E-state index is 0.157. The summed E-state index contributed by atoms with van der Waals surface area (Å²) in [6.07, 6.45) is 0. The first-order chi connectivity index (χ1) is 5.81. The van der Waals surface area contributed by atoms with Gasteiger partial charge in [0.1, 0.15) is 0 Å². The van der Waals surface area contributed by atoms with E-state index < -0.39 is 0 Å². The van der Waals surface area contributed by atoms with Gasteiger partial charge in [-0.3, -0.25) is 0 Å². The molecule has 0 unspecified atom stereocenters. The molecule has 0 fully saturated rings. The van der Waals surface area contributed by atoms with E-state index in [1.54, 1.807) is 0 Å². The van der Waals surface area contributed by atoms with E-state index in [1.165, 1.54) is 0 Å². The Morgan fingerprint density at radius 3 is 1.67 bits per heavy atom. The Balaban J connectivity index is 3.04. The van der Waals surface area contributed by atoms with E-state index >= 15 is 0 Å². The molecule has 0 rings (SSSR count). The van der Waals surface area contributed by atoms with Crippen LogP contribution in [0, 0.1) is 0 Å². The fraction of sp³-hybridized carbons (Fsp3) is 1.00. The van der Waals surface area contributed by atoms with Gasteiger partial charge in [0.15, 0.2) is 0 Å². The van der Waals surface area contributed by atoms with Crippen LogP contribution in [0.2, 0.25) is 0 Å². The maximum Gasteiger partial charge on any atom is 0.0605 e. The molecule has 0 saturated heterocycles. The highest BCUT2D eigenvalue weighted by molar-refractivity contribution is 7.81. The summed E-state index contributed by atoms with van der Waals surface area (Å²) in [6, 6.07) is 0. The molecule has 0 aromatic heterocycles. The van der Waals surface area contributed by atoms with Crippen LogP contribution in [0.5, 0.6) is 0 Å². The number of rotatable bonds is 8. The third-order valence-electron chi connectivity index (χ3n) is 1.09. The fourth-order valence-electron chi connectivity index (χ4n) is 0.616. The molecule has 0 aliphatic carbocycles. The van der Waals surface area contributed by atoms with Crippen molar-refractivity contribution in [2.45, 2.75) is 5.25 Å². The van der Waals surface area contributed by atoms with Crippen LogP contribution in [0.25, 0.3) is 0 Å². The minimum Gasteiger partial charge on any atom is -0.379 e. The number of hydrogen-bond donors (Lipinski definition) is 3. The van der Waals surface area contributed by atoms with Crippen molar-refractivity contribution >= 4 is 37.9 Å². The van der Waals surface area contributed by atoms with Gasteiger partial charge in [-0.15, -0.1) is 0 Å². The summed E-state index contributed by atoms with van der Waals surface area (Å²) in [6.45, 7) is 2.59. The standard InChI is InChI=1S/C7H16O2S3/c10-3-1-8-5-7(12)6-9-2-4-11/h7,10-12H,1-6H2. The highest BCUT2D eigenvalue weighted by Gasteiger charge is 2.01. The monoisotopic (exact) mass is 228 g/mol. The van der Waals surface area contributed by atoms with Gasteiger partial charge in [0.2, 0.25) is 0 Å². The maximum absolute atomic E-state index is 5.22. The quantitative estimate of drug-likeness (QED) is 0.428. The molecule has 0 atom stereocenters. The van der Waals surface area contributed by atoms with Gasteiger partial charge in [0, 0.05) is 16.8 Å². The van der Waals surface area contributed by atoms with E-state index in [2.05, 4.69) is 37.9 Å². The van der Waals surface area contributed by atoms with Gasteiger partial charge in [-0.05, 0) is 0 Å². The number of thiol groups is 3. The van der Waals surface area contributed by atoms with Crippen LogP contribution >= 0.6 is 37.9 Å². The van der Waals surface area contributed by atoms with Crippen LogP contribution in [-0.2, 0) is 9.47 Å². The summed E-state index contributed by atoms with van der Waals surface area (Å²) in [5.41, 5.74) is 0. The average Bonchev–Trinajstić information content (AvgIpc) is 2.06. The summed E-state index contributed by atoms with van der Waals surface area (Å²) in [5, 5.41) is 0.157. The zero-order valence-corrected chi connectivity index (χ0v) is 9.66. The van der Waals surface area contributed by atoms with E-state index in [9.17, 15) is 0 Å². The molecule has 2 nitrogen and oxygen atoms in total. The normalized spacial score (nSPS) is 11.0. The van der Waals surface area contributed by atoms with Crippen molar-refractivity contribution in [3.05, 3.63) is 0 Å². The van der Waals surface area contributed by atoms with Crippen molar-refractivity contribution in [3.8, 4) is 0 Å². The predicted octanol–water partition coefficient (Wildman–Crippen LogP) is 1.18. The molecule has 0 aromatic rings. The van der Waals surface area contributed by atoms with E-state index in [4.69, 9.17) is 9.47 Å². The van der Waals surface area contributed by atoms with Crippen LogP contribution in [0.1, 0.15) is 0 Å². The lowest BCUT2D eigenvalue weighted by molar-refractivity contribution is 0.102. The fourth-order valence-corrected chi connectivity index (χ4v) is 1.08. The van der Waals surface area contributed by atoms with Crippen molar-refractivity contribution in [2.24, 2.45) is 0 Å². The minimum atomic E-state index is 0.157. The predicted molar refractivity (Wildman–Crippen MR) is 62.1 cm³/mol. The molecule has 0 amide bonds. The van der Waals surface area contributed by atoms with Gasteiger partial charge < -0.3 is 9.47 Å². The van der Waals surface area contributed by atoms with Gasteiger partial charge in [-0.25, -0.2) is 0 Å². The number of ether oxygens (including phenoxy) is 2.